The van der Waals surface area contributed by atoms with Gasteiger partial charge < -0.3 is 10.1 Å². The Balaban J connectivity index is 1.77. The summed E-state index contributed by atoms with van der Waals surface area (Å²) in [4.78, 5) is 23.8. The van der Waals surface area contributed by atoms with E-state index in [1.165, 1.54) is 18.7 Å². The minimum Gasteiger partial charge on any atom is -0.496 e. The number of ether oxygens (including phenoxy) is 1. The smallest absolute Gasteiger partial charge is 0.216 e. The van der Waals surface area contributed by atoms with E-state index in [0.717, 1.165) is 22.4 Å². The molecule has 0 bridgehead atoms. The van der Waals surface area contributed by atoms with Crippen LogP contribution < -0.4 is 10.1 Å². The fourth-order valence-electron chi connectivity index (χ4n) is 2.97. The van der Waals surface area contributed by atoms with Crippen molar-refractivity contribution >= 4 is 51.0 Å². The van der Waals surface area contributed by atoms with E-state index < -0.39 is 0 Å². The average molecular weight is 538 g/mol. The van der Waals surface area contributed by atoms with Crippen molar-refractivity contribution in [2.24, 2.45) is 0 Å². The molecule has 0 spiro atoms. The standard InChI is InChI=1S/C22H22BrClN4O3S/c1-14(29)25-11-3-4-21-26-27-22(28(21)17-8-6-16(24)7-9-17)32-13-19(30)15-5-10-20(31-2)18(23)12-15/h5-10,12H,3-4,11,13H2,1-2H3,(H,25,29). The van der Waals surface area contributed by atoms with Crippen molar-refractivity contribution in [3.05, 3.63) is 63.3 Å². The molecule has 1 heterocycles. The van der Waals surface area contributed by atoms with E-state index in [4.69, 9.17) is 16.3 Å². The summed E-state index contributed by atoms with van der Waals surface area (Å²) in [5.74, 6) is 1.52. The summed E-state index contributed by atoms with van der Waals surface area (Å²) < 4.78 is 7.87. The van der Waals surface area contributed by atoms with Crippen LogP contribution in [0.15, 0.2) is 52.1 Å². The molecule has 10 heteroatoms. The second-order valence-electron chi connectivity index (χ2n) is 6.86. The molecule has 3 aromatic rings. The van der Waals surface area contributed by atoms with E-state index in [9.17, 15) is 9.59 Å². The van der Waals surface area contributed by atoms with E-state index in [0.29, 0.717) is 34.5 Å². The molecule has 0 aliphatic heterocycles. The highest BCUT2D eigenvalue weighted by molar-refractivity contribution is 9.10. The van der Waals surface area contributed by atoms with E-state index in [2.05, 4.69) is 31.4 Å². The van der Waals surface area contributed by atoms with Gasteiger partial charge in [-0.1, -0.05) is 23.4 Å². The number of halogens is 2. The molecule has 1 amide bonds. The number of nitrogens with zero attached hydrogens (tertiary/aromatic N) is 3. The monoisotopic (exact) mass is 536 g/mol. The van der Waals surface area contributed by atoms with Gasteiger partial charge in [-0.15, -0.1) is 10.2 Å². The third kappa shape index (κ3) is 6.34. The Labute approximate surface area is 204 Å². The van der Waals surface area contributed by atoms with Crippen LogP contribution in [0.5, 0.6) is 5.75 Å². The van der Waals surface area contributed by atoms with E-state index in [-0.39, 0.29) is 17.4 Å². The Morgan fingerprint density at radius 1 is 1.19 bits per heavy atom. The SMILES string of the molecule is COc1ccc(C(=O)CSc2nnc(CCCNC(C)=O)n2-c2ccc(Cl)cc2)cc1Br. The van der Waals surface area contributed by atoms with Gasteiger partial charge in [0.15, 0.2) is 10.9 Å². The highest BCUT2D eigenvalue weighted by Crippen LogP contribution is 2.28. The summed E-state index contributed by atoms with van der Waals surface area (Å²) >= 11 is 10.8. The topological polar surface area (TPSA) is 86.1 Å². The molecule has 3 rings (SSSR count). The quantitative estimate of drug-likeness (QED) is 0.228. The third-order valence-electron chi connectivity index (χ3n) is 4.54. The zero-order chi connectivity index (χ0) is 23.1. The Bertz CT molecular complexity index is 1110. The molecule has 0 saturated heterocycles. The Kier molecular flexibility index (Phi) is 8.72. The second kappa shape index (κ2) is 11.5. The highest BCUT2D eigenvalue weighted by atomic mass is 79.9. The van der Waals surface area contributed by atoms with Gasteiger partial charge in [0.2, 0.25) is 5.91 Å². The molecule has 1 N–H and O–H groups in total. The summed E-state index contributed by atoms with van der Waals surface area (Å²) in [6.45, 7) is 2.04. The number of carbonyl (C=O) groups excluding carboxylic acids is 2. The van der Waals surface area contributed by atoms with Gasteiger partial charge in [0.05, 0.1) is 17.3 Å². The van der Waals surface area contributed by atoms with Crippen molar-refractivity contribution in [3.8, 4) is 11.4 Å². The van der Waals surface area contributed by atoms with Gasteiger partial charge in [-0.3, -0.25) is 14.2 Å². The molecule has 168 valence electrons. The van der Waals surface area contributed by atoms with Crippen LogP contribution in [0.25, 0.3) is 5.69 Å². The van der Waals surface area contributed by atoms with Gasteiger partial charge >= 0.3 is 0 Å². The summed E-state index contributed by atoms with van der Waals surface area (Å²) in [5.41, 5.74) is 1.44. The lowest BCUT2D eigenvalue weighted by Gasteiger charge is -2.11. The number of thioether (sulfide) groups is 1. The van der Waals surface area contributed by atoms with Crippen LogP contribution in [0.1, 0.15) is 29.5 Å². The number of methoxy groups -OCH3 is 1. The third-order valence-corrected chi connectivity index (χ3v) is 6.34. The first kappa shape index (κ1) is 24.3. The number of amides is 1. The fraction of sp³-hybridized carbons (Fsp3) is 0.273. The van der Waals surface area contributed by atoms with Crippen molar-refractivity contribution in [1.29, 1.82) is 0 Å². The number of ketones is 1. The molecule has 0 aliphatic rings. The maximum Gasteiger partial charge on any atom is 0.216 e. The first-order chi connectivity index (χ1) is 15.4. The molecular formula is C22H22BrClN4O3S. The fourth-order valence-corrected chi connectivity index (χ4v) is 4.50. The van der Waals surface area contributed by atoms with Crippen LogP contribution in [0, 0.1) is 0 Å². The minimum atomic E-state index is -0.0657. The maximum atomic E-state index is 12.7. The molecule has 32 heavy (non-hydrogen) atoms. The van der Waals surface area contributed by atoms with Gasteiger partial charge in [-0.25, -0.2) is 0 Å². The highest BCUT2D eigenvalue weighted by Gasteiger charge is 2.17. The van der Waals surface area contributed by atoms with Crippen molar-refractivity contribution in [2.45, 2.75) is 24.9 Å². The van der Waals surface area contributed by atoms with Crippen LogP contribution in [-0.4, -0.2) is 45.9 Å². The van der Waals surface area contributed by atoms with E-state index in [1.807, 2.05) is 16.7 Å². The molecule has 1 aromatic heterocycles. The number of benzene rings is 2. The lowest BCUT2D eigenvalue weighted by Crippen LogP contribution is -2.21. The lowest BCUT2D eigenvalue weighted by atomic mass is 10.1. The Morgan fingerprint density at radius 2 is 1.94 bits per heavy atom. The van der Waals surface area contributed by atoms with Gasteiger partial charge in [0.25, 0.3) is 0 Å². The van der Waals surface area contributed by atoms with Crippen molar-refractivity contribution in [2.75, 3.05) is 19.4 Å². The number of rotatable bonds is 10. The summed E-state index contributed by atoms with van der Waals surface area (Å²) in [6.07, 6.45) is 1.34. The number of carbonyl (C=O) groups is 2. The molecule has 7 nitrogen and oxygen atoms in total. The molecule has 0 aliphatic carbocycles. The summed E-state index contributed by atoms with van der Waals surface area (Å²) in [6, 6.07) is 12.6. The Morgan fingerprint density at radius 3 is 2.59 bits per heavy atom. The predicted octanol–water partition coefficient (Wildman–Crippen LogP) is 4.74. The predicted molar refractivity (Wildman–Crippen MR) is 129 cm³/mol. The van der Waals surface area contributed by atoms with Gasteiger partial charge in [0, 0.05) is 36.2 Å². The van der Waals surface area contributed by atoms with E-state index >= 15 is 0 Å². The zero-order valence-electron chi connectivity index (χ0n) is 17.6. The van der Waals surface area contributed by atoms with Crippen LogP contribution in [0.4, 0.5) is 0 Å². The van der Waals surface area contributed by atoms with Gasteiger partial charge in [-0.2, -0.15) is 0 Å². The van der Waals surface area contributed by atoms with Crippen molar-refractivity contribution in [3.63, 3.8) is 0 Å². The second-order valence-corrected chi connectivity index (χ2v) is 9.09. The molecule has 0 atom stereocenters. The zero-order valence-corrected chi connectivity index (χ0v) is 20.8. The number of hydrogen-bond donors (Lipinski definition) is 1. The normalized spacial score (nSPS) is 10.8. The van der Waals surface area contributed by atoms with Crippen LogP contribution in [0.3, 0.4) is 0 Å². The van der Waals surface area contributed by atoms with Crippen LogP contribution in [-0.2, 0) is 11.2 Å². The summed E-state index contributed by atoms with van der Waals surface area (Å²) in [5, 5.41) is 12.7. The molecule has 0 saturated carbocycles. The number of hydrogen-bond acceptors (Lipinski definition) is 6. The first-order valence-electron chi connectivity index (χ1n) is 9.83. The number of Topliss-reactive ketones (excluding diaryl/α,β-unsaturated/α-hetero) is 1. The lowest BCUT2D eigenvalue weighted by molar-refractivity contribution is -0.118. The molecular weight excluding hydrogens is 516 g/mol. The maximum absolute atomic E-state index is 12.7. The molecule has 0 radical (unpaired) electrons. The van der Waals surface area contributed by atoms with Gasteiger partial charge in [-0.05, 0) is 64.8 Å². The number of aryl methyl sites for hydroxylation is 1. The number of aromatic nitrogens is 3. The molecule has 2 aromatic carbocycles. The van der Waals surface area contributed by atoms with Crippen molar-refractivity contribution < 1.29 is 14.3 Å². The largest absolute Gasteiger partial charge is 0.496 e. The Hall–Kier alpha value is -2.36. The van der Waals surface area contributed by atoms with Gasteiger partial charge in [0.1, 0.15) is 11.6 Å². The van der Waals surface area contributed by atoms with Crippen molar-refractivity contribution in [1.82, 2.24) is 20.1 Å². The average Bonchev–Trinajstić information content (AvgIpc) is 3.18. The minimum absolute atomic E-state index is 0.0313. The van der Waals surface area contributed by atoms with Crippen LogP contribution in [0.2, 0.25) is 5.02 Å². The first-order valence-corrected chi connectivity index (χ1v) is 12.0. The van der Waals surface area contributed by atoms with Crippen LogP contribution >= 0.6 is 39.3 Å². The molecule has 0 fully saturated rings. The van der Waals surface area contributed by atoms with E-state index in [1.54, 1.807) is 37.4 Å². The summed E-state index contributed by atoms with van der Waals surface area (Å²) in [7, 11) is 1.58. The number of nitrogens with one attached hydrogen (secondary N) is 1. The molecule has 0 unspecified atom stereocenters.